The van der Waals surface area contributed by atoms with Crippen LogP contribution in [0.4, 0.5) is 24.9 Å². The van der Waals surface area contributed by atoms with E-state index in [0.717, 1.165) is 55.0 Å². The second kappa shape index (κ2) is 13.1. The summed E-state index contributed by atoms with van der Waals surface area (Å²) in [5, 5.41) is 4.08. The largest absolute Gasteiger partial charge is 0.438 e. The molecule has 0 amide bonds. The lowest BCUT2D eigenvalue weighted by atomic mass is 9.82. The first-order valence-corrected chi connectivity index (χ1v) is 15.9. The summed E-state index contributed by atoms with van der Waals surface area (Å²) in [4.78, 5) is 15.0. The summed E-state index contributed by atoms with van der Waals surface area (Å²) in [7, 11) is 0.140. The van der Waals surface area contributed by atoms with Crippen LogP contribution in [0.3, 0.4) is 0 Å². The highest BCUT2D eigenvalue weighted by molar-refractivity contribution is 7.89. The van der Waals surface area contributed by atoms with E-state index in [2.05, 4.69) is 20.0 Å². The molecule has 1 aliphatic rings. The van der Waals surface area contributed by atoms with Crippen LogP contribution in [-0.2, 0) is 16.2 Å². The second-order valence-electron chi connectivity index (χ2n) is 11.0. The van der Waals surface area contributed by atoms with Gasteiger partial charge in [0.1, 0.15) is 16.6 Å². The van der Waals surface area contributed by atoms with Gasteiger partial charge in [-0.1, -0.05) is 23.7 Å². The fourth-order valence-corrected chi connectivity index (χ4v) is 6.44. The van der Waals surface area contributed by atoms with Crippen LogP contribution >= 0.6 is 11.6 Å². The van der Waals surface area contributed by atoms with Gasteiger partial charge in [-0.15, -0.1) is 0 Å². The van der Waals surface area contributed by atoms with Gasteiger partial charge < -0.3 is 15.0 Å². The number of halogens is 4. The van der Waals surface area contributed by atoms with Gasteiger partial charge in [0.15, 0.2) is 0 Å². The van der Waals surface area contributed by atoms with Crippen molar-refractivity contribution in [1.82, 2.24) is 19.7 Å². The molecular weight excluding hydrogens is 617 g/mol. The van der Waals surface area contributed by atoms with Crippen molar-refractivity contribution in [2.75, 3.05) is 37.4 Å². The molecule has 5 rings (SSSR count). The monoisotopic (exact) mass is 648 g/mol. The van der Waals surface area contributed by atoms with E-state index in [9.17, 15) is 21.6 Å². The Bertz CT molecular complexity index is 1710. The molecule has 0 radical (unpaired) electrons. The molecule has 2 heterocycles. The van der Waals surface area contributed by atoms with Gasteiger partial charge in [0.2, 0.25) is 21.9 Å². The van der Waals surface area contributed by atoms with Gasteiger partial charge in [-0.25, -0.2) is 23.1 Å². The molecule has 0 bridgehead atoms. The van der Waals surface area contributed by atoms with Crippen molar-refractivity contribution in [2.45, 2.75) is 36.8 Å². The van der Waals surface area contributed by atoms with E-state index in [1.165, 1.54) is 24.3 Å². The Morgan fingerprint density at radius 1 is 0.977 bits per heavy atom. The molecule has 0 saturated heterocycles. The Morgan fingerprint density at radius 3 is 2.27 bits per heavy atom. The van der Waals surface area contributed by atoms with Crippen molar-refractivity contribution in [3.8, 4) is 11.6 Å². The van der Waals surface area contributed by atoms with Crippen molar-refractivity contribution in [3.05, 3.63) is 71.4 Å². The van der Waals surface area contributed by atoms with Crippen LogP contribution < -0.4 is 19.7 Å². The highest BCUT2D eigenvalue weighted by atomic mass is 35.5. The van der Waals surface area contributed by atoms with Crippen molar-refractivity contribution in [3.63, 3.8) is 0 Å². The average molecular weight is 649 g/mol. The van der Waals surface area contributed by atoms with Gasteiger partial charge in [-0.05, 0) is 80.0 Å². The maximum atomic E-state index is 12.9. The first-order chi connectivity index (χ1) is 20.9. The maximum Gasteiger partial charge on any atom is 0.417 e. The van der Waals surface area contributed by atoms with E-state index in [1.807, 2.05) is 43.3 Å². The molecule has 0 unspecified atom stereocenters. The third-order valence-electron chi connectivity index (χ3n) is 7.57. The topological polar surface area (TPSA) is 109 Å². The molecule has 0 spiro atoms. The standard InChI is InChI=1S/C30H32ClF3N6O3S/c1-40(2)27-24-5-3-4-6-26(24)38-29(39-27)36-16-19-7-9-20(10-8-19)17-37-44(41,42)23-13-11-22(12-14-23)43-28-25(31)15-21(18-35-28)30(32,33)34/h3-6,11-15,18-20,37H,7-10,16-17H2,1-2H3,(H,36,38,39)/t19-,20-. The van der Waals surface area contributed by atoms with Gasteiger partial charge in [0.05, 0.1) is 16.0 Å². The lowest BCUT2D eigenvalue weighted by molar-refractivity contribution is -0.137. The Labute approximate surface area is 258 Å². The molecule has 1 fully saturated rings. The van der Waals surface area contributed by atoms with Crippen molar-refractivity contribution in [2.24, 2.45) is 11.8 Å². The normalized spacial score (nSPS) is 17.4. The number of hydrogen-bond acceptors (Lipinski definition) is 8. The van der Waals surface area contributed by atoms with Crippen LogP contribution in [0.25, 0.3) is 10.9 Å². The summed E-state index contributed by atoms with van der Waals surface area (Å²) in [6, 6.07) is 14.1. The molecule has 0 aliphatic heterocycles. The fraction of sp³-hybridized carbons (Fsp3) is 0.367. The minimum absolute atomic E-state index is 0.0432. The Hall–Kier alpha value is -3.68. The predicted octanol–water partition coefficient (Wildman–Crippen LogP) is 6.75. The third kappa shape index (κ3) is 7.69. The van der Waals surface area contributed by atoms with E-state index in [4.69, 9.17) is 21.3 Å². The number of ether oxygens (including phenoxy) is 1. The van der Waals surface area contributed by atoms with Crippen molar-refractivity contribution in [1.29, 1.82) is 0 Å². The predicted molar refractivity (Wildman–Crippen MR) is 164 cm³/mol. The number of fused-ring (bicyclic) bond motifs is 1. The smallest absolute Gasteiger partial charge is 0.417 e. The quantitative estimate of drug-likeness (QED) is 0.194. The molecule has 2 N–H and O–H groups in total. The molecule has 2 aromatic heterocycles. The number of rotatable bonds is 10. The molecular formula is C30H32ClF3N6O3S. The Kier molecular flexibility index (Phi) is 9.47. The summed E-state index contributed by atoms with van der Waals surface area (Å²) < 4.78 is 72.5. The van der Waals surface area contributed by atoms with E-state index >= 15 is 0 Å². The number of aromatic nitrogens is 3. The number of anilines is 2. The molecule has 1 aliphatic carbocycles. The van der Waals surface area contributed by atoms with Gasteiger partial charge in [-0.2, -0.15) is 18.2 Å². The number of benzene rings is 2. The third-order valence-corrected chi connectivity index (χ3v) is 9.28. The maximum absolute atomic E-state index is 12.9. The lowest BCUT2D eigenvalue weighted by Crippen LogP contribution is -2.32. The SMILES string of the molecule is CN(C)c1nc(NC[C@H]2CC[C@H](CNS(=O)(=O)c3ccc(Oc4ncc(C(F)(F)F)cc4Cl)cc3)CC2)nc2ccccc12. The highest BCUT2D eigenvalue weighted by Crippen LogP contribution is 2.35. The second-order valence-corrected chi connectivity index (χ2v) is 13.2. The van der Waals surface area contributed by atoms with Gasteiger partial charge in [-0.3, -0.25) is 0 Å². The summed E-state index contributed by atoms with van der Waals surface area (Å²) in [6.07, 6.45) is -0.262. The summed E-state index contributed by atoms with van der Waals surface area (Å²) in [5.41, 5.74) is -0.116. The van der Waals surface area contributed by atoms with Crippen LogP contribution in [0.15, 0.2) is 65.7 Å². The summed E-state index contributed by atoms with van der Waals surface area (Å²) >= 11 is 5.89. The molecule has 0 atom stereocenters. The molecule has 234 valence electrons. The van der Waals surface area contributed by atoms with Crippen molar-refractivity contribution < 1.29 is 26.3 Å². The number of sulfonamides is 1. The molecule has 9 nitrogen and oxygen atoms in total. The number of nitrogens with zero attached hydrogens (tertiary/aromatic N) is 4. The van der Waals surface area contributed by atoms with Crippen LogP contribution in [0, 0.1) is 11.8 Å². The fourth-order valence-electron chi connectivity index (χ4n) is 5.12. The van der Waals surface area contributed by atoms with Gasteiger partial charge in [0.25, 0.3) is 0 Å². The number of pyridine rings is 1. The number of alkyl halides is 3. The summed E-state index contributed by atoms with van der Waals surface area (Å²) in [6.45, 7) is 1.07. The first-order valence-electron chi connectivity index (χ1n) is 14.1. The number of hydrogen-bond donors (Lipinski definition) is 2. The average Bonchev–Trinajstić information content (AvgIpc) is 3.00. The first kappa shape index (κ1) is 31.7. The Morgan fingerprint density at radius 2 is 1.64 bits per heavy atom. The van der Waals surface area contributed by atoms with E-state index in [-0.39, 0.29) is 27.5 Å². The minimum Gasteiger partial charge on any atom is -0.438 e. The molecule has 2 aromatic carbocycles. The molecule has 14 heteroatoms. The number of nitrogens with one attached hydrogen (secondary N) is 2. The van der Waals surface area contributed by atoms with Crippen molar-refractivity contribution >= 4 is 44.3 Å². The molecule has 44 heavy (non-hydrogen) atoms. The molecule has 4 aromatic rings. The number of para-hydroxylation sites is 1. The van der Waals surface area contributed by atoms with E-state index in [1.54, 1.807) is 0 Å². The van der Waals surface area contributed by atoms with Gasteiger partial charge in [0, 0.05) is 38.8 Å². The zero-order valence-corrected chi connectivity index (χ0v) is 25.7. The van der Waals surface area contributed by atoms with Crippen LogP contribution in [0.1, 0.15) is 31.2 Å². The van der Waals surface area contributed by atoms with Gasteiger partial charge >= 0.3 is 6.18 Å². The minimum atomic E-state index is -4.58. The van der Waals surface area contributed by atoms with E-state index < -0.39 is 21.8 Å². The zero-order valence-electron chi connectivity index (χ0n) is 24.1. The molecule has 1 saturated carbocycles. The summed E-state index contributed by atoms with van der Waals surface area (Å²) in [5.74, 6) is 2.06. The van der Waals surface area contributed by atoms with Crippen LogP contribution in [-0.4, -0.2) is 50.6 Å². The van der Waals surface area contributed by atoms with Crippen LogP contribution in [0.5, 0.6) is 11.6 Å². The Balaban J connectivity index is 1.10. The highest BCUT2D eigenvalue weighted by Gasteiger charge is 2.32. The lowest BCUT2D eigenvalue weighted by Gasteiger charge is -2.28. The van der Waals surface area contributed by atoms with E-state index in [0.29, 0.717) is 24.6 Å². The van der Waals surface area contributed by atoms with Crippen LogP contribution in [0.2, 0.25) is 5.02 Å². The zero-order chi connectivity index (χ0) is 31.5.